The van der Waals surface area contributed by atoms with Crippen molar-refractivity contribution in [1.82, 2.24) is 34.7 Å². The number of carbonyl (C=O) groups is 2. The van der Waals surface area contributed by atoms with Crippen LogP contribution in [-0.2, 0) is 32.2 Å². The number of ether oxygens (including phenoxy) is 2. The normalized spacial score (nSPS) is 16.5. The minimum atomic E-state index is -0.358. The number of tetrazole rings is 1. The zero-order valence-electron chi connectivity index (χ0n) is 15.3. The molecule has 3 rings (SSSR count). The highest BCUT2D eigenvalue weighted by molar-refractivity contribution is 5.76. The highest BCUT2D eigenvalue weighted by Gasteiger charge is 2.28. The third-order valence-electron chi connectivity index (χ3n) is 3.90. The topological polar surface area (TPSA) is 137 Å². The van der Waals surface area contributed by atoms with E-state index in [2.05, 4.69) is 20.4 Å². The molecule has 1 fully saturated rings. The summed E-state index contributed by atoms with van der Waals surface area (Å²) in [5.74, 6) is 1.33. The Balaban J connectivity index is 0.000000817. The van der Waals surface area contributed by atoms with Crippen LogP contribution in [0.3, 0.4) is 0 Å². The van der Waals surface area contributed by atoms with Crippen LogP contribution in [0.25, 0.3) is 0 Å². The van der Waals surface area contributed by atoms with Crippen LogP contribution in [0.4, 0.5) is 0 Å². The van der Waals surface area contributed by atoms with E-state index in [9.17, 15) is 4.79 Å². The van der Waals surface area contributed by atoms with Crippen LogP contribution in [0, 0.1) is 6.92 Å². The molecule has 0 saturated carbocycles. The van der Waals surface area contributed by atoms with Gasteiger partial charge in [-0.3, -0.25) is 9.59 Å². The van der Waals surface area contributed by atoms with Gasteiger partial charge in [-0.2, -0.15) is 4.80 Å². The van der Waals surface area contributed by atoms with E-state index in [0.717, 1.165) is 5.82 Å². The van der Waals surface area contributed by atoms with Gasteiger partial charge in [0.05, 0.1) is 26.3 Å². The fourth-order valence-electron chi connectivity index (χ4n) is 2.50. The number of imidazole rings is 1. The van der Waals surface area contributed by atoms with Crippen molar-refractivity contribution < 1.29 is 24.2 Å². The molecule has 3 heterocycles. The summed E-state index contributed by atoms with van der Waals surface area (Å²) in [5, 5.41) is 19.2. The van der Waals surface area contributed by atoms with Crippen LogP contribution in [0.5, 0.6) is 0 Å². The summed E-state index contributed by atoms with van der Waals surface area (Å²) in [6, 6.07) is 0. The van der Waals surface area contributed by atoms with E-state index >= 15 is 0 Å². The first-order valence-corrected chi connectivity index (χ1v) is 8.30. The maximum Gasteiger partial charge on any atom is 0.290 e. The number of rotatable bonds is 6. The molecule has 1 aliphatic rings. The van der Waals surface area contributed by atoms with Gasteiger partial charge in [-0.1, -0.05) is 0 Å². The number of carboxylic acid groups (broad SMARTS) is 1. The minimum Gasteiger partial charge on any atom is -0.483 e. The number of morpholine rings is 1. The van der Waals surface area contributed by atoms with E-state index in [0.29, 0.717) is 38.7 Å². The van der Waals surface area contributed by atoms with E-state index in [1.807, 2.05) is 11.5 Å². The number of nitrogens with zero attached hydrogens (tertiary/aromatic N) is 7. The number of aryl methyl sites for hydroxylation is 1. The molecule has 12 heteroatoms. The van der Waals surface area contributed by atoms with E-state index in [-0.39, 0.29) is 25.0 Å². The Hall–Kier alpha value is -2.86. The summed E-state index contributed by atoms with van der Waals surface area (Å²) in [6.07, 6.45) is 3.13. The van der Waals surface area contributed by atoms with Crippen LogP contribution >= 0.6 is 0 Å². The Labute approximate surface area is 155 Å². The zero-order chi connectivity index (χ0) is 19.6. The smallest absolute Gasteiger partial charge is 0.290 e. The number of hydrogen-bond acceptors (Lipinski definition) is 8. The summed E-state index contributed by atoms with van der Waals surface area (Å²) in [4.78, 5) is 28.2. The van der Waals surface area contributed by atoms with Crippen LogP contribution < -0.4 is 0 Å². The lowest BCUT2D eigenvalue weighted by molar-refractivity contribution is -0.140. The van der Waals surface area contributed by atoms with Crippen molar-refractivity contribution in [3.05, 3.63) is 24.0 Å². The molecule has 0 aromatic carbocycles. The van der Waals surface area contributed by atoms with Crippen LogP contribution in [0.15, 0.2) is 12.4 Å². The van der Waals surface area contributed by atoms with Gasteiger partial charge < -0.3 is 24.0 Å². The number of aromatic nitrogens is 6. The molecule has 0 radical (unpaired) electrons. The predicted molar refractivity (Wildman–Crippen MR) is 90.6 cm³/mol. The fraction of sp³-hybridized carbons (Fsp3) is 0.600. The first-order valence-electron chi connectivity index (χ1n) is 8.30. The molecular formula is C15H23N7O5. The predicted octanol–water partition coefficient (Wildman–Crippen LogP) is -0.875. The average Bonchev–Trinajstić information content (AvgIpc) is 3.30. The Morgan fingerprint density at radius 1 is 1.52 bits per heavy atom. The quantitative estimate of drug-likeness (QED) is 0.632. The van der Waals surface area contributed by atoms with Gasteiger partial charge >= 0.3 is 0 Å². The van der Waals surface area contributed by atoms with E-state index in [1.54, 1.807) is 24.4 Å². The van der Waals surface area contributed by atoms with Gasteiger partial charge in [-0.15, -0.1) is 10.2 Å². The molecule has 12 nitrogen and oxygen atoms in total. The van der Waals surface area contributed by atoms with Gasteiger partial charge in [0.15, 0.2) is 0 Å². The molecular weight excluding hydrogens is 358 g/mol. The molecule has 0 bridgehead atoms. The van der Waals surface area contributed by atoms with Crippen molar-refractivity contribution in [3.8, 4) is 0 Å². The van der Waals surface area contributed by atoms with Crippen molar-refractivity contribution in [1.29, 1.82) is 0 Å². The van der Waals surface area contributed by atoms with Crippen LogP contribution in [0.2, 0.25) is 0 Å². The van der Waals surface area contributed by atoms with Crippen molar-refractivity contribution in [2.75, 3.05) is 33.4 Å². The van der Waals surface area contributed by atoms with E-state index < -0.39 is 0 Å². The molecule has 148 valence electrons. The number of hydrogen-bond donors (Lipinski definition) is 1. The highest BCUT2D eigenvalue weighted by atomic mass is 16.5. The zero-order valence-corrected chi connectivity index (χ0v) is 15.3. The van der Waals surface area contributed by atoms with E-state index in [1.165, 1.54) is 4.80 Å². The van der Waals surface area contributed by atoms with Gasteiger partial charge in [-0.25, -0.2) is 4.98 Å². The molecule has 0 spiro atoms. The molecule has 2 aromatic rings. The molecule has 27 heavy (non-hydrogen) atoms. The van der Waals surface area contributed by atoms with Crippen molar-refractivity contribution >= 4 is 12.4 Å². The lowest BCUT2D eigenvalue weighted by Gasteiger charge is -2.31. The first-order chi connectivity index (χ1) is 13.1. The highest BCUT2D eigenvalue weighted by Crippen LogP contribution is 2.18. The molecule has 1 unspecified atom stereocenters. The van der Waals surface area contributed by atoms with Gasteiger partial charge in [-0.05, 0) is 12.1 Å². The lowest BCUT2D eigenvalue weighted by Crippen LogP contribution is -2.44. The second kappa shape index (κ2) is 10.3. The van der Waals surface area contributed by atoms with Crippen molar-refractivity contribution in [2.24, 2.45) is 0 Å². The van der Waals surface area contributed by atoms with Gasteiger partial charge in [0.1, 0.15) is 18.5 Å². The van der Waals surface area contributed by atoms with Gasteiger partial charge in [0.2, 0.25) is 11.7 Å². The number of amides is 1. The molecule has 1 atom stereocenters. The summed E-state index contributed by atoms with van der Waals surface area (Å²) >= 11 is 0. The molecule has 2 aromatic heterocycles. The molecule has 1 aliphatic heterocycles. The number of carbonyl (C=O) groups excluding carboxylic acids is 1. The summed E-state index contributed by atoms with van der Waals surface area (Å²) in [7, 11) is 1.62. The minimum absolute atomic E-state index is 0.0242. The Morgan fingerprint density at radius 2 is 2.30 bits per heavy atom. The Morgan fingerprint density at radius 3 is 2.96 bits per heavy atom. The van der Waals surface area contributed by atoms with Crippen LogP contribution in [0.1, 0.15) is 17.8 Å². The third-order valence-corrected chi connectivity index (χ3v) is 3.90. The van der Waals surface area contributed by atoms with Crippen molar-refractivity contribution in [3.63, 3.8) is 0 Å². The van der Waals surface area contributed by atoms with Crippen molar-refractivity contribution in [2.45, 2.75) is 26.1 Å². The van der Waals surface area contributed by atoms with E-state index in [4.69, 9.17) is 19.4 Å². The second-order valence-corrected chi connectivity index (χ2v) is 5.64. The largest absolute Gasteiger partial charge is 0.483 e. The summed E-state index contributed by atoms with van der Waals surface area (Å²) in [5.41, 5.74) is 0. The standard InChI is InChI=1S/C14H21N7O3.CH2O2/c1-11-15-3-4-19(11)10-13(22)20-5-8-24-12(9-20)14-16-18-21(17-14)6-7-23-2;2-1-3/h3-4,12H,5-10H2,1-2H3;1H,(H,2,3). The Bertz CT molecular complexity index is 732. The third kappa shape index (κ3) is 5.82. The maximum atomic E-state index is 12.5. The Kier molecular flexibility index (Phi) is 7.82. The first kappa shape index (κ1) is 20.5. The second-order valence-electron chi connectivity index (χ2n) is 5.64. The molecule has 0 aliphatic carbocycles. The van der Waals surface area contributed by atoms with Crippen LogP contribution in [-0.4, -0.2) is 85.6 Å². The maximum absolute atomic E-state index is 12.5. The lowest BCUT2D eigenvalue weighted by atomic mass is 10.2. The molecule has 1 saturated heterocycles. The fourth-order valence-corrected chi connectivity index (χ4v) is 2.50. The molecule has 1 N–H and O–H groups in total. The SMILES string of the molecule is COCCn1nnc(C2CN(C(=O)Cn3ccnc3C)CCO2)n1.O=CO. The summed E-state index contributed by atoms with van der Waals surface area (Å²) < 4.78 is 12.5. The average molecular weight is 381 g/mol. The summed E-state index contributed by atoms with van der Waals surface area (Å²) in [6.45, 7) is 4.36. The van der Waals surface area contributed by atoms with Gasteiger partial charge in [0, 0.05) is 26.0 Å². The monoisotopic (exact) mass is 381 g/mol. The number of methoxy groups -OCH3 is 1. The van der Waals surface area contributed by atoms with Gasteiger partial charge in [0.25, 0.3) is 6.47 Å². The molecule has 1 amide bonds.